The number of amides is 1. The van der Waals surface area contributed by atoms with Crippen LogP contribution in [0.25, 0.3) is 0 Å². The van der Waals surface area contributed by atoms with E-state index in [1.165, 1.54) is 6.42 Å². The number of amidine groups is 1. The van der Waals surface area contributed by atoms with E-state index in [4.69, 9.17) is 0 Å². The number of hydrogen-bond acceptors (Lipinski definition) is 2. The number of carbonyl (C=O) groups is 1. The number of nitrogens with zero attached hydrogens (tertiary/aromatic N) is 2. The Morgan fingerprint density at radius 1 is 1.56 bits per heavy atom. The Morgan fingerprint density at radius 2 is 2.44 bits per heavy atom. The van der Waals surface area contributed by atoms with E-state index in [2.05, 4.69) is 9.89 Å². The lowest BCUT2D eigenvalue weighted by Gasteiger charge is -2.06. The molecule has 3 nitrogen and oxygen atoms in total. The highest BCUT2D eigenvalue weighted by atomic mass is 16.2. The van der Waals surface area contributed by atoms with Crippen LogP contribution in [0.15, 0.2) is 4.99 Å². The van der Waals surface area contributed by atoms with Gasteiger partial charge in [-0.1, -0.05) is 0 Å². The molecule has 1 fully saturated rings. The van der Waals surface area contributed by atoms with Crippen molar-refractivity contribution in [1.82, 2.24) is 4.90 Å². The van der Waals surface area contributed by atoms with Crippen LogP contribution in [0.4, 0.5) is 0 Å². The Kier molecular flexibility index (Phi) is 0.860. The average molecular weight is 124 g/mol. The molecule has 0 aromatic heterocycles. The van der Waals surface area contributed by atoms with Gasteiger partial charge in [0.2, 0.25) is 0 Å². The molecule has 3 heteroatoms. The van der Waals surface area contributed by atoms with Crippen molar-refractivity contribution in [2.24, 2.45) is 4.99 Å². The third-order valence-electron chi connectivity index (χ3n) is 1.77. The van der Waals surface area contributed by atoms with Crippen LogP contribution < -0.4 is 0 Å². The second kappa shape index (κ2) is 1.56. The molecule has 0 spiro atoms. The van der Waals surface area contributed by atoms with Gasteiger partial charge in [0.25, 0.3) is 5.91 Å². The zero-order valence-electron chi connectivity index (χ0n) is 5.13. The predicted octanol–water partition coefficient (Wildman–Crippen LogP) is 0.0209. The molecule has 0 saturated carbocycles. The normalized spacial score (nSPS) is 24.7. The fourth-order valence-corrected chi connectivity index (χ4v) is 1.35. The Labute approximate surface area is 53.4 Å². The third-order valence-corrected chi connectivity index (χ3v) is 1.77. The molecule has 0 atom stereocenters. The molecule has 2 heterocycles. The van der Waals surface area contributed by atoms with Gasteiger partial charge in [-0.25, -0.2) is 0 Å². The first-order valence-corrected chi connectivity index (χ1v) is 3.21. The minimum absolute atomic E-state index is 0.0321. The molecular formula is C6H8N2O. The van der Waals surface area contributed by atoms with E-state index in [0.717, 1.165) is 18.8 Å². The van der Waals surface area contributed by atoms with Gasteiger partial charge in [0, 0.05) is 13.0 Å². The quantitative estimate of drug-likeness (QED) is 0.456. The summed E-state index contributed by atoms with van der Waals surface area (Å²) in [7, 11) is 0. The number of hydrogen-bond donors (Lipinski definition) is 0. The van der Waals surface area contributed by atoms with Crippen molar-refractivity contribution in [2.75, 3.05) is 13.1 Å². The summed E-state index contributed by atoms with van der Waals surface area (Å²) in [5.41, 5.74) is 0. The molecular weight excluding hydrogens is 116 g/mol. The Bertz CT molecular complexity index is 185. The van der Waals surface area contributed by atoms with Crippen molar-refractivity contribution in [3.63, 3.8) is 0 Å². The lowest BCUT2D eigenvalue weighted by molar-refractivity contribution is -0.117. The summed E-state index contributed by atoms with van der Waals surface area (Å²) in [6, 6.07) is 0. The molecule has 0 aromatic rings. The second-order valence-corrected chi connectivity index (χ2v) is 2.45. The smallest absolute Gasteiger partial charge is 0.266 e. The Morgan fingerprint density at radius 3 is 3.22 bits per heavy atom. The average Bonchev–Trinajstić information content (AvgIpc) is 2.22. The molecule has 2 aliphatic heterocycles. The van der Waals surface area contributed by atoms with Crippen LogP contribution in [-0.2, 0) is 4.79 Å². The maximum Gasteiger partial charge on any atom is 0.266 e. The molecule has 48 valence electrons. The Hall–Kier alpha value is -0.860. The summed E-state index contributed by atoms with van der Waals surface area (Å²) < 4.78 is 0. The molecule has 0 N–H and O–H groups in total. The van der Waals surface area contributed by atoms with Crippen LogP contribution in [-0.4, -0.2) is 29.7 Å². The van der Waals surface area contributed by atoms with Crippen molar-refractivity contribution < 1.29 is 4.79 Å². The van der Waals surface area contributed by atoms with E-state index in [0.29, 0.717) is 6.54 Å². The number of carbonyl (C=O) groups excluding carboxylic acids is 1. The van der Waals surface area contributed by atoms with E-state index in [-0.39, 0.29) is 5.91 Å². The molecule has 0 aliphatic carbocycles. The van der Waals surface area contributed by atoms with Crippen molar-refractivity contribution in [1.29, 1.82) is 0 Å². The highest BCUT2D eigenvalue weighted by Gasteiger charge is 2.26. The van der Waals surface area contributed by atoms with Crippen LogP contribution in [0.2, 0.25) is 0 Å². The highest BCUT2D eigenvalue weighted by Crippen LogP contribution is 2.15. The van der Waals surface area contributed by atoms with E-state index in [1.807, 2.05) is 0 Å². The van der Waals surface area contributed by atoms with Gasteiger partial charge in [-0.15, -0.1) is 0 Å². The lowest BCUT2D eigenvalue weighted by Crippen LogP contribution is -2.21. The number of aliphatic imine (C=N–C) groups is 1. The molecule has 0 aromatic carbocycles. The zero-order chi connectivity index (χ0) is 6.27. The van der Waals surface area contributed by atoms with Gasteiger partial charge in [-0.2, -0.15) is 4.99 Å². The van der Waals surface area contributed by atoms with E-state index in [1.54, 1.807) is 0 Å². The molecule has 0 unspecified atom stereocenters. The van der Waals surface area contributed by atoms with E-state index >= 15 is 0 Å². The molecule has 2 rings (SSSR count). The fraction of sp³-hybridized carbons (Fsp3) is 0.667. The molecule has 0 radical (unpaired) electrons. The van der Waals surface area contributed by atoms with Crippen molar-refractivity contribution in [3.8, 4) is 0 Å². The van der Waals surface area contributed by atoms with Gasteiger partial charge in [0.15, 0.2) is 0 Å². The molecule has 1 amide bonds. The van der Waals surface area contributed by atoms with E-state index < -0.39 is 0 Å². The van der Waals surface area contributed by atoms with E-state index in [9.17, 15) is 4.79 Å². The predicted molar refractivity (Wildman–Crippen MR) is 33.2 cm³/mol. The maximum absolute atomic E-state index is 10.6. The minimum atomic E-state index is 0.0321. The van der Waals surface area contributed by atoms with Crippen LogP contribution in [0.3, 0.4) is 0 Å². The van der Waals surface area contributed by atoms with Gasteiger partial charge >= 0.3 is 0 Å². The van der Waals surface area contributed by atoms with Gasteiger partial charge in [-0.05, 0) is 6.42 Å². The lowest BCUT2D eigenvalue weighted by atomic mass is 10.4. The van der Waals surface area contributed by atoms with Gasteiger partial charge in [0.05, 0.1) is 0 Å². The first-order valence-electron chi connectivity index (χ1n) is 3.21. The summed E-state index contributed by atoms with van der Waals surface area (Å²) in [6.45, 7) is 1.57. The maximum atomic E-state index is 10.6. The summed E-state index contributed by atoms with van der Waals surface area (Å²) in [5.74, 6) is 1.05. The van der Waals surface area contributed by atoms with Crippen LogP contribution >= 0.6 is 0 Å². The summed E-state index contributed by atoms with van der Waals surface area (Å²) in [5, 5.41) is 0. The summed E-state index contributed by atoms with van der Waals surface area (Å²) in [6.07, 6.45) is 2.18. The minimum Gasteiger partial charge on any atom is -0.351 e. The van der Waals surface area contributed by atoms with Crippen LogP contribution in [0, 0.1) is 0 Å². The summed E-state index contributed by atoms with van der Waals surface area (Å²) in [4.78, 5) is 16.5. The highest BCUT2D eigenvalue weighted by molar-refractivity contribution is 6.02. The van der Waals surface area contributed by atoms with Crippen molar-refractivity contribution in [2.45, 2.75) is 12.8 Å². The van der Waals surface area contributed by atoms with Gasteiger partial charge in [-0.3, -0.25) is 4.79 Å². The van der Waals surface area contributed by atoms with Crippen molar-refractivity contribution >= 4 is 11.7 Å². The van der Waals surface area contributed by atoms with Crippen LogP contribution in [0.1, 0.15) is 12.8 Å². The van der Waals surface area contributed by atoms with Gasteiger partial charge in [0.1, 0.15) is 12.4 Å². The fourth-order valence-electron chi connectivity index (χ4n) is 1.35. The first-order chi connectivity index (χ1) is 4.36. The van der Waals surface area contributed by atoms with Crippen LogP contribution in [0.5, 0.6) is 0 Å². The molecule has 1 saturated heterocycles. The Balaban J connectivity index is 2.27. The SMILES string of the molecule is O=C1CN2CCCC2=N1. The van der Waals surface area contributed by atoms with Gasteiger partial charge < -0.3 is 4.90 Å². The van der Waals surface area contributed by atoms with Crippen molar-refractivity contribution in [3.05, 3.63) is 0 Å². The monoisotopic (exact) mass is 124 g/mol. The number of fused-ring (bicyclic) bond motifs is 1. The first kappa shape index (κ1) is 4.97. The number of rotatable bonds is 0. The standard InChI is InChI=1S/C6H8N2O/c9-6-4-8-3-1-2-5(8)7-6/h1-4H2. The third kappa shape index (κ3) is 0.642. The zero-order valence-corrected chi connectivity index (χ0v) is 5.13. The molecule has 2 aliphatic rings. The molecule has 0 bridgehead atoms. The summed E-state index contributed by atoms with van der Waals surface area (Å²) >= 11 is 0. The molecule has 9 heavy (non-hydrogen) atoms. The largest absolute Gasteiger partial charge is 0.351 e. The topological polar surface area (TPSA) is 32.7 Å². The second-order valence-electron chi connectivity index (χ2n) is 2.45.